The predicted molar refractivity (Wildman–Crippen MR) is 80.3 cm³/mol. The molecule has 1 heterocycles. The Kier molecular flexibility index (Phi) is 5.01. The first kappa shape index (κ1) is 13.7. The van der Waals surface area contributed by atoms with E-state index in [9.17, 15) is 0 Å². The van der Waals surface area contributed by atoms with Gasteiger partial charge in [0.05, 0.1) is 18.4 Å². The fourth-order valence-corrected chi connectivity index (χ4v) is 2.15. The van der Waals surface area contributed by atoms with Crippen LogP contribution >= 0.6 is 0 Å². The lowest BCUT2D eigenvalue weighted by Crippen LogP contribution is -2.12. The molecule has 0 fully saturated rings. The Morgan fingerprint density at radius 1 is 1.16 bits per heavy atom. The highest BCUT2D eigenvalue weighted by Crippen LogP contribution is 2.12. The zero-order chi connectivity index (χ0) is 13.5. The van der Waals surface area contributed by atoms with Crippen LogP contribution in [-0.2, 0) is 6.54 Å². The van der Waals surface area contributed by atoms with E-state index in [1.165, 1.54) is 18.4 Å². The minimum absolute atomic E-state index is 0.748. The van der Waals surface area contributed by atoms with E-state index < -0.39 is 0 Å². The van der Waals surface area contributed by atoms with E-state index in [4.69, 9.17) is 0 Å². The van der Waals surface area contributed by atoms with Crippen LogP contribution < -0.4 is 5.32 Å². The Hall–Kier alpha value is -1.77. The van der Waals surface area contributed by atoms with Crippen LogP contribution in [0.1, 0.15) is 32.3 Å². The van der Waals surface area contributed by atoms with Gasteiger partial charge in [-0.1, -0.05) is 57.0 Å². The maximum absolute atomic E-state index is 4.40. The third kappa shape index (κ3) is 4.12. The lowest BCUT2D eigenvalue weighted by molar-refractivity contribution is 0.519. The molecule has 0 spiro atoms. The smallest absolute Gasteiger partial charge is 0.0726 e. The summed E-state index contributed by atoms with van der Waals surface area (Å²) in [6.07, 6.45) is 6.43. The van der Waals surface area contributed by atoms with E-state index in [1.807, 2.05) is 16.9 Å². The van der Waals surface area contributed by atoms with Crippen LogP contribution in [0.15, 0.2) is 42.7 Å². The number of hydrogen-bond acceptors (Lipinski definition) is 2. The average Bonchev–Trinajstić information content (AvgIpc) is 2.89. The molecule has 3 heteroatoms. The van der Waals surface area contributed by atoms with Crippen LogP contribution in [-0.4, -0.2) is 16.3 Å². The fraction of sp³-hybridized carbons (Fsp3) is 0.438. The van der Waals surface area contributed by atoms with Crippen molar-refractivity contribution in [2.45, 2.75) is 33.2 Å². The zero-order valence-electron chi connectivity index (χ0n) is 11.8. The van der Waals surface area contributed by atoms with Gasteiger partial charge in [0.1, 0.15) is 0 Å². The molecule has 0 aliphatic rings. The molecule has 3 nitrogen and oxygen atoms in total. The maximum Gasteiger partial charge on any atom is 0.0726 e. The van der Waals surface area contributed by atoms with E-state index in [1.54, 1.807) is 0 Å². The maximum atomic E-state index is 4.40. The molecule has 0 radical (unpaired) electrons. The molecule has 1 N–H and O–H groups in total. The molecule has 0 saturated heterocycles. The highest BCUT2D eigenvalue weighted by atomic mass is 15.3. The van der Waals surface area contributed by atoms with Gasteiger partial charge in [0.25, 0.3) is 0 Å². The van der Waals surface area contributed by atoms with E-state index in [2.05, 4.69) is 54.7 Å². The van der Waals surface area contributed by atoms with E-state index in [0.717, 1.165) is 24.7 Å². The highest BCUT2D eigenvalue weighted by Gasteiger charge is 2.04. The molecule has 0 aliphatic carbocycles. The third-order valence-corrected chi connectivity index (χ3v) is 3.57. The van der Waals surface area contributed by atoms with Crippen LogP contribution in [0.5, 0.6) is 0 Å². The Morgan fingerprint density at radius 3 is 2.58 bits per heavy atom. The zero-order valence-corrected chi connectivity index (χ0v) is 11.8. The Bertz CT molecular complexity index is 472. The molecule has 2 aromatic rings. The number of nitrogens with zero attached hydrogens (tertiary/aromatic N) is 2. The van der Waals surface area contributed by atoms with Crippen LogP contribution in [0, 0.1) is 5.92 Å². The Balaban J connectivity index is 1.88. The monoisotopic (exact) mass is 257 g/mol. The largest absolute Gasteiger partial charge is 0.382 e. The molecule has 0 bridgehead atoms. The lowest BCUT2D eigenvalue weighted by Gasteiger charge is -2.12. The van der Waals surface area contributed by atoms with Gasteiger partial charge in [-0.15, -0.1) is 0 Å². The summed E-state index contributed by atoms with van der Waals surface area (Å²) < 4.78 is 1.98. The lowest BCUT2D eigenvalue weighted by atomic mass is 10.0. The van der Waals surface area contributed by atoms with Crippen LogP contribution in [0.25, 0.3) is 0 Å². The quantitative estimate of drug-likeness (QED) is 0.818. The van der Waals surface area contributed by atoms with Gasteiger partial charge < -0.3 is 5.32 Å². The number of benzene rings is 1. The normalized spacial score (nSPS) is 10.9. The Labute approximate surface area is 115 Å². The minimum Gasteiger partial charge on any atom is -0.382 e. The number of rotatable bonds is 7. The molecule has 1 aromatic heterocycles. The molecule has 0 unspecified atom stereocenters. The molecule has 0 atom stereocenters. The predicted octanol–water partition coefficient (Wildman–Crippen LogP) is 3.78. The van der Waals surface area contributed by atoms with E-state index >= 15 is 0 Å². The van der Waals surface area contributed by atoms with Gasteiger partial charge in [-0.05, 0) is 11.5 Å². The summed E-state index contributed by atoms with van der Waals surface area (Å²) in [6, 6.07) is 10.4. The summed E-state index contributed by atoms with van der Waals surface area (Å²) in [7, 11) is 0. The number of nitrogens with one attached hydrogen (secondary N) is 1. The van der Waals surface area contributed by atoms with Crippen molar-refractivity contribution in [2.75, 3.05) is 11.9 Å². The first-order valence-electron chi connectivity index (χ1n) is 7.12. The standard InChI is InChI=1S/C16H23N3/c1-3-14(4-2)10-17-16-11-18-19(13-16)12-15-8-6-5-7-9-15/h5-9,11,13-14,17H,3-4,10,12H2,1-2H3. The fourth-order valence-electron chi connectivity index (χ4n) is 2.15. The van der Waals surface area contributed by atoms with Gasteiger partial charge in [0, 0.05) is 12.7 Å². The summed E-state index contributed by atoms with van der Waals surface area (Å²) >= 11 is 0. The second kappa shape index (κ2) is 6.98. The third-order valence-electron chi connectivity index (χ3n) is 3.57. The van der Waals surface area contributed by atoms with Crippen molar-refractivity contribution in [3.63, 3.8) is 0 Å². The van der Waals surface area contributed by atoms with Crippen LogP contribution in [0.4, 0.5) is 5.69 Å². The molecule has 0 amide bonds. The first-order valence-corrected chi connectivity index (χ1v) is 7.12. The minimum atomic E-state index is 0.748. The summed E-state index contributed by atoms with van der Waals surface area (Å²) in [5.74, 6) is 0.748. The van der Waals surface area contributed by atoms with Gasteiger partial charge >= 0.3 is 0 Å². The van der Waals surface area contributed by atoms with E-state index in [-0.39, 0.29) is 0 Å². The first-order chi connectivity index (χ1) is 9.31. The van der Waals surface area contributed by atoms with Crippen molar-refractivity contribution in [1.29, 1.82) is 0 Å². The molecule has 102 valence electrons. The second-order valence-corrected chi connectivity index (χ2v) is 4.98. The van der Waals surface area contributed by atoms with Gasteiger partial charge in [-0.2, -0.15) is 5.10 Å². The summed E-state index contributed by atoms with van der Waals surface area (Å²) in [5, 5.41) is 7.86. The summed E-state index contributed by atoms with van der Waals surface area (Å²) in [5.41, 5.74) is 2.39. The van der Waals surface area contributed by atoms with Crippen molar-refractivity contribution in [3.8, 4) is 0 Å². The van der Waals surface area contributed by atoms with Crippen molar-refractivity contribution < 1.29 is 0 Å². The molecule has 2 rings (SSSR count). The molecule has 1 aromatic carbocycles. The van der Waals surface area contributed by atoms with Crippen molar-refractivity contribution in [1.82, 2.24) is 9.78 Å². The molecular formula is C16H23N3. The number of aromatic nitrogens is 2. The van der Waals surface area contributed by atoms with Crippen LogP contribution in [0.2, 0.25) is 0 Å². The highest BCUT2D eigenvalue weighted by molar-refractivity contribution is 5.38. The van der Waals surface area contributed by atoms with E-state index in [0.29, 0.717) is 0 Å². The summed E-state index contributed by atoms with van der Waals surface area (Å²) in [4.78, 5) is 0. The average molecular weight is 257 g/mol. The topological polar surface area (TPSA) is 29.9 Å². The van der Waals surface area contributed by atoms with Crippen molar-refractivity contribution in [3.05, 3.63) is 48.3 Å². The van der Waals surface area contributed by atoms with Crippen LogP contribution in [0.3, 0.4) is 0 Å². The van der Waals surface area contributed by atoms with Gasteiger partial charge in [-0.25, -0.2) is 0 Å². The Morgan fingerprint density at radius 2 is 1.89 bits per heavy atom. The molecular weight excluding hydrogens is 234 g/mol. The second-order valence-electron chi connectivity index (χ2n) is 4.98. The van der Waals surface area contributed by atoms with Gasteiger partial charge in [0.2, 0.25) is 0 Å². The molecule has 0 saturated carbocycles. The molecule has 19 heavy (non-hydrogen) atoms. The number of anilines is 1. The van der Waals surface area contributed by atoms with Gasteiger partial charge in [-0.3, -0.25) is 4.68 Å². The number of hydrogen-bond donors (Lipinski definition) is 1. The SMILES string of the molecule is CCC(CC)CNc1cnn(Cc2ccccc2)c1. The van der Waals surface area contributed by atoms with Crippen molar-refractivity contribution >= 4 is 5.69 Å². The van der Waals surface area contributed by atoms with Crippen molar-refractivity contribution in [2.24, 2.45) is 5.92 Å². The summed E-state index contributed by atoms with van der Waals surface area (Å²) in [6.45, 7) is 6.35. The van der Waals surface area contributed by atoms with Gasteiger partial charge in [0.15, 0.2) is 0 Å². The molecule has 0 aliphatic heterocycles.